The monoisotopic (exact) mass is 1140 g/mol. The van der Waals surface area contributed by atoms with E-state index >= 15 is 0 Å². The van der Waals surface area contributed by atoms with Crippen LogP contribution in [0.2, 0.25) is 32.2 Å². The Morgan fingerprint density at radius 2 is 1.45 bits per heavy atom. The zero-order chi connectivity index (χ0) is 58.5. The van der Waals surface area contributed by atoms with Gasteiger partial charge in [-0.1, -0.05) is 104 Å². The highest BCUT2D eigenvalue weighted by Crippen LogP contribution is 2.34. The number of carbonyl (C=O) groups excluding carboxylic acids is 5. The number of carboxylic acids is 1. The second-order valence-electron chi connectivity index (χ2n) is 23.8. The first-order valence-corrected chi connectivity index (χ1v) is 35.9. The third-order valence-electron chi connectivity index (χ3n) is 15.4. The van der Waals surface area contributed by atoms with Crippen molar-refractivity contribution in [3.8, 4) is 0 Å². The minimum absolute atomic E-state index is 0.0177. The van der Waals surface area contributed by atoms with E-state index in [1.807, 2.05) is 76.8 Å². The number of benzene rings is 1. The molecule has 3 rings (SSSR count). The molecule has 1 aromatic carbocycles. The van der Waals surface area contributed by atoms with Gasteiger partial charge >= 0.3 is 5.97 Å². The first kappa shape index (κ1) is 68.4. The molecule has 1 aliphatic heterocycles. The summed E-state index contributed by atoms with van der Waals surface area (Å²) in [4.78, 5) is 97.9. The van der Waals surface area contributed by atoms with E-state index in [2.05, 4.69) is 50.0 Å². The van der Waals surface area contributed by atoms with E-state index in [4.69, 9.17) is 18.3 Å². The first-order valence-electron chi connectivity index (χ1n) is 28.6. The summed E-state index contributed by atoms with van der Waals surface area (Å²) >= 11 is 1.60. The SMILES string of the molecule is CCOCCOCc1cnc(SC[Si](C)(C)O[Si](C)(C)CCCC(=O)N(C)[C@H](C(=O)C[C@H](C(=O)N(C)[C@@H](C(C)C)[C@H](CC)CC(=O)N2CCC[C@H]2[C@H](OC)[C@@H](C)C(=O)C[C@@H](Cc2ccccc2)C(=O)O)C(C)C)C(C)C)nc1. The molecule has 0 bridgehead atoms. The summed E-state index contributed by atoms with van der Waals surface area (Å²) in [6, 6.07) is 8.68. The van der Waals surface area contributed by atoms with Gasteiger partial charge < -0.3 is 38.1 Å². The number of thioether (sulfide) groups is 1. The predicted octanol–water partition coefficient (Wildman–Crippen LogP) is 10.0. The molecule has 0 saturated carbocycles. The van der Waals surface area contributed by atoms with Crippen molar-refractivity contribution in [3.05, 3.63) is 53.9 Å². The molecule has 78 heavy (non-hydrogen) atoms. The molecule has 1 aromatic heterocycles. The fourth-order valence-corrected chi connectivity index (χ4v) is 21.8. The van der Waals surface area contributed by atoms with Gasteiger partial charge in [0.15, 0.2) is 27.6 Å². The lowest BCUT2D eigenvalue weighted by Crippen LogP contribution is -2.52. The highest BCUT2D eigenvalue weighted by Gasteiger charge is 2.43. The van der Waals surface area contributed by atoms with E-state index in [-0.39, 0.29) is 97.1 Å². The topological polar surface area (TPSA) is 195 Å². The van der Waals surface area contributed by atoms with Crippen LogP contribution in [0.15, 0.2) is 47.9 Å². The van der Waals surface area contributed by atoms with E-state index in [0.717, 1.165) is 29.0 Å². The van der Waals surface area contributed by atoms with Crippen molar-refractivity contribution in [3.63, 3.8) is 0 Å². The maximum absolute atomic E-state index is 14.8. The number of aromatic nitrogens is 2. The highest BCUT2D eigenvalue weighted by atomic mass is 32.2. The van der Waals surface area contributed by atoms with Crippen LogP contribution in [0.4, 0.5) is 0 Å². The van der Waals surface area contributed by atoms with Crippen LogP contribution in [-0.2, 0) is 60.1 Å². The fraction of sp³-hybridized carbons (Fsp3) is 0.729. The number of ketones is 2. The number of nitrogens with zero attached hydrogens (tertiary/aromatic N) is 5. The molecule has 16 nitrogen and oxygen atoms in total. The summed E-state index contributed by atoms with van der Waals surface area (Å²) in [6.45, 7) is 29.2. The fourth-order valence-electron chi connectivity index (χ4n) is 11.4. The van der Waals surface area contributed by atoms with Crippen LogP contribution in [0.25, 0.3) is 0 Å². The van der Waals surface area contributed by atoms with Crippen LogP contribution in [0.5, 0.6) is 0 Å². The van der Waals surface area contributed by atoms with Gasteiger partial charge in [-0.25, -0.2) is 9.97 Å². The van der Waals surface area contributed by atoms with Crippen molar-refractivity contribution in [1.82, 2.24) is 24.7 Å². The molecular formula is C59H99N5O11SSi2. The summed E-state index contributed by atoms with van der Waals surface area (Å²) in [6.07, 6.45) is 6.17. The number of amides is 3. The number of hydrogen-bond donors (Lipinski definition) is 1. The standard InChI is InChI=1S/C59H99N5O11SSi2/c1-17-46(34-53(68)64-28-22-26-49(64)56(72-12)43(9)50(65)33-47(58(70)71)32-44-24-20-19-21-25-44)54(41(5)6)63(11)57(69)48(40(3)4)35-51(66)55(42(7)8)62(10)52(67)27-23-31-77(13,14)75-78(15,16)39-76-59-60-36-45(37-61-59)38-74-30-29-73-18-2/h19-21,24-25,36-37,40-43,46-49,54-56H,17-18,22-23,26-35,38-39H2,1-16H3,(H,70,71)/t43-,46+,47+,48-,49-,54-,55-,56+/m0/s1. The Labute approximate surface area is 474 Å². The molecule has 440 valence electrons. The van der Waals surface area contributed by atoms with E-state index in [9.17, 15) is 33.9 Å². The van der Waals surface area contributed by atoms with Crippen molar-refractivity contribution < 1.29 is 52.2 Å². The summed E-state index contributed by atoms with van der Waals surface area (Å²) in [5.74, 6) is -4.48. The van der Waals surface area contributed by atoms with Gasteiger partial charge in [0.05, 0.1) is 43.9 Å². The molecule has 1 saturated heterocycles. The lowest BCUT2D eigenvalue weighted by molar-refractivity contribution is -0.147. The number of methoxy groups -OCH3 is 1. The zero-order valence-corrected chi connectivity index (χ0v) is 53.2. The minimum Gasteiger partial charge on any atom is -0.481 e. The molecule has 1 N–H and O–H groups in total. The third-order valence-corrected chi connectivity index (χ3v) is 25.2. The van der Waals surface area contributed by atoms with Crippen molar-refractivity contribution in [1.29, 1.82) is 0 Å². The number of carboxylic acid groups (broad SMARTS) is 1. The number of aliphatic carboxylic acids is 1. The first-order chi connectivity index (χ1) is 36.7. The molecule has 0 spiro atoms. The number of likely N-dealkylation sites (N-methyl/N-ethyl adjacent to an activating group) is 1. The molecule has 0 radical (unpaired) electrons. The molecule has 19 heteroatoms. The van der Waals surface area contributed by atoms with Crippen LogP contribution in [0.1, 0.15) is 125 Å². The molecule has 1 fully saturated rings. The van der Waals surface area contributed by atoms with Gasteiger partial charge in [-0.3, -0.25) is 28.8 Å². The summed E-state index contributed by atoms with van der Waals surface area (Å²) < 4.78 is 23.8. The number of Topliss-reactive ketones (excluding diaryl/α,β-unsaturated/α-hetero) is 2. The van der Waals surface area contributed by atoms with E-state index in [1.165, 1.54) is 0 Å². The van der Waals surface area contributed by atoms with Crippen LogP contribution in [0.3, 0.4) is 0 Å². The minimum atomic E-state index is -2.17. The Morgan fingerprint density at radius 3 is 2.01 bits per heavy atom. The van der Waals surface area contributed by atoms with Crippen LogP contribution >= 0.6 is 11.8 Å². The molecular weight excluding hydrogens is 1040 g/mol. The second-order valence-corrected chi connectivity index (χ2v) is 34.0. The van der Waals surface area contributed by atoms with Crippen LogP contribution < -0.4 is 0 Å². The molecule has 3 amide bonds. The van der Waals surface area contributed by atoms with Crippen molar-refractivity contribution in [2.24, 2.45) is 41.4 Å². The smallest absolute Gasteiger partial charge is 0.307 e. The second kappa shape index (κ2) is 33.2. The number of likely N-dealkylation sites (tertiary alicyclic amines) is 1. The largest absolute Gasteiger partial charge is 0.481 e. The normalized spacial score (nSPS) is 16.9. The predicted molar refractivity (Wildman–Crippen MR) is 314 cm³/mol. The summed E-state index contributed by atoms with van der Waals surface area (Å²) in [5, 5.41) is 11.5. The summed E-state index contributed by atoms with van der Waals surface area (Å²) in [7, 11) is 0.735. The van der Waals surface area contributed by atoms with E-state index < -0.39 is 52.5 Å². The van der Waals surface area contributed by atoms with Gasteiger partial charge in [0.2, 0.25) is 17.7 Å². The quantitative estimate of drug-likeness (QED) is 0.0291. The molecule has 1 aliphatic rings. The average Bonchev–Trinajstić information content (AvgIpc) is 3.86. The highest BCUT2D eigenvalue weighted by molar-refractivity contribution is 8.00. The van der Waals surface area contributed by atoms with Gasteiger partial charge in [-0.15, -0.1) is 0 Å². The van der Waals surface area contributed by atoms with E-state index in [1.54, 1.807) is 62.1 Å². The molecule has 2 heterocycles. The lowest BCUT2D eigenvalue weighted by atomic mass is 9.81. The van der Waals surface area contributed by atoms with Gasteiger partial charge in [-0.2, -0.15) is 0 Å². The lowest BCUT2D eigenvalue weighted by Gasteiger charge is -2.41. The Bertz CT molecular complexity index is 2190. The molecule has 0 unspecified atom stereocenters. The summed E-state index contributed by atoms with van der Waals surface area (Å²) in [5.41, 5.74) is 1.75. The number of hydrogen-bond acceptors (Lipinski definition) is 13. The molecule has 2 aromatic rings. The number of ether oxygens (including phenoxy) is 3. The number of rotatable bonds is 37. The third kappa shape index (κ3) is 21.6. The molecule has 8 atom stereocenters. The molecule has 0 aliphatic carbocycles. The zero-order valence-electron chi connectivity index (χ0n) is 50.4. The Balaban J connectivity index is 1.63. The van der Waals surface area contributed by atoms with Crippen LogP contribution in [-0.4, -0.2) is 159 Å². The number of carbonyl (C=O) groups is 6. The maximum atomic E-state index is 14.8. The average molecular weight is 1140 g/mol. The Morgan fingerprint density at radius 1 is 0.808 bits per heavy atom. The van der Waals surface area contributed by atoms with Gasteiger partial charge in [0.25, 0.3) is 0 Å². The van der Waals surface area contributed by atoms with Gasteiger partial charge in [0, 0.05) is 101 Å². The van der Waals surface area contributed by atoms with Gasteiger partial charge in [0.1, 0.15) is 5.78 Å². The van der Waals surface area contributed by atoms with Gasteiger partial charge in [-0.05, 0) is 94.1 Å². The Hall–Kier alpha value is -3.86. The Kier molecular flexibility index (Phi) is 29.1. The van der Waals surface area contributed by atoms with Crippen molar-refractivity contribution in [2.45, 2.75) is 188 Å². The van der Waals surface area contributed by atoms with Crippen LogP contribution in [0, 0.1) is 41.4 Å². The maximum Gasteiger partial charge on any atom is 0.307 e. The van der Waals surface area contributed by atoms with Crippen molar-refractivity contribution in [2.75, 3.05) is 52.9 Å². The van der Waals surface area contributed by atoms with Crippen molar-refractivity contribution >= 4 is 63.7 Å². The van der Waals surface area contributed by atoms with E-state index in [0.29, 0.717) is 57.4 Å².